The molecule has 0 spiro atoms. The van der Waals surface area contributed by atoms with Crippen LogP contribution in [0.25, 0.3) is 0 Å². The zero-order valence-corrected chi connectivity index (χ0v) is 16.4. The molecule has 1 N–H and O–H groups in total. The summed E-state index contributed by atoms with van der Waals surface area (Å²) in [4.78, 5) is 13.8. The topological polar surface area (TPSA) is 61.7 Å². The molecule has 1 aromatic carbocycles. The van der Waals surface area contributed by atoms with Gasteiger partial charge in [0.25, 0.3) is 0 Å². The Labute approximate surface area is 160 Å². The van der Waals surface area contributed by atoms with E-state index < -0.39 is 5.60 Å². The minimum absolute atomic E-state index is 0.473. The first-order valence-corrected chi connectivity index (χ1v) is 9.63. The first-order valence-electron chi connectivity index (χ1n) is 9.63. The highest BCUT2D eigenvalue weighted by Crippen LogP contribution is 2.34. The largest absolute Gasteiger partial charge is 0.487 e. The Balaban J connectivity index is 1.63. The number of aryl methyl sites for hydroxylation is 1. The summed E-state index contributed by atoms with van der Waals surface area (Å²) in [6.45, 7) is 4.71. The van der Waals surface area contributed by atoms with Gasteiger partial charge < -0.3 is 19.6 Å². The molecule has 0 bridgehead atoms. The Morgan fingerprint density at radius 2 is 1.93 bits per heavy atom. The number of aromatic nitrogens is 2. The highest BCUT2D eigenvalue weighted by molar-refractivity contribution is 5.54. The lowest BCUT2D eigenvalue weighted by molar-refractivity contribution is -0.00550. The normalized spacial score (nSPS) is 18.5. The molecule has 6 heteroatoms. The molecule has 0 unspecified atom stereocenters. The molecule has 2 aliphatic rings. The van der Waals surface area contributed by atoms with Gasteiger partial charge in [0, 0.05) is 31.6 Å². The average molecular weight is 368 g/mol. The average Bonchev–Trinajstić information content (AvgIpc) is 2.80. The molecule has 2 aliphatic heterocycles. The lowest BCUT2D eigenvalue weighted by Gasteiger charge is -2.40. The summed E-state index contributed by atoms with van der Waals surface area (Å²) in [5.74, 6) is 2.70. The molecule has 1 saturated heterocycles. The number of hydrogen-bond donors (Lipinski definition) is 1. The molecule has 144 valence electrons. The van der Waals surface area contributed by atoms with Gasteiger partial charge >= 0.3 is 0 Å². The van der Waals surface area contributed by atoms with Gasteiger partial charge in [-0.3, -0.25) is 0 Å². The third kappa shape index (κ3) is 3.77. The number of piperidine rings is 1. The summed E-state index contributed by atoms with van der Waals surface area (Å²) in [6.07, 6.45) is 2.27. The van der Waals surface area contributed by atoms with Crippen molar-refractivity contribution < 1.29 is 9.84 Å². The van der Waals surface area contributed by atoms with Gasteiger partial charge in [0.2, 0.25) is 0 Å². The minimum atomic E-state index is -0.616. The fourth-order valence-electron chi connectivity index (χ4n) is 4.21. The molecule has 0 atom stereocenters. The Morgan fingerprint density at radius 1 is 1.19 bits per heavy atom. The maximum atomic E-state index is 10.9. The molecule has 0 radical (unpaired) electrons. The lowest BCUT2D eigenvalue weighted by atomic mass is 9.90. The van der Waals surface area contributed by atoms with Crippen molar-refractivity contribution >= 4 is 5.82 Å². The Morgan fingerprint density at radius 3 is 2.67 bits per heavy atom. The van der Waals surface area contributed by atoms with Crippen molar-refractivity contribution in [1.82, 2.24) is 14.9 Å². The van der Waals surface area contributed by atoms with E-state index in [1.807, 2.05) is 39.2 Å². The molecule has 3 heterocycles. The lowest BCUT2D eigenvalue weighted by Crippen LogP contribution is -2.50. The number of likely N-dealkylation sites (N-methyl/N-ethyl adjacent to an activating group) is 1. The van der Waals surface area contributed by atoms with E-state index >= 15 is 0 Å². The molecule has 27 heavy (non-hydrogen) atoms. The molecule has 1 fully saturated rings. The smallest absolute Gasteiger partial charge is 0.136 e. The summed E-state index contributed by atoms with van der Waals surface area (Å²) >= 11 is 0. The number of nitrogens with zero attached hydrogens (tertiary/aromatic N) is 4. The SMILES string of the molecule is Cc1nc2c(c(N3CCC(O)(CN(C)C)CC3)n1)Cc1ccccc1OC2. The van der Waals surface area contributed by atoms with E-state index in [0.29, 0.717) is 13.2 Å². The van der Waals surface area contributed by atoms with Crippen LogP contribution in [0.1, 0.15) is 35.5 Å². The van der Waals surface area contributed by atoms with Crippen molar-refractivity contribution in [3.05, 3.63) is 46.9 Å². The molecular formula is C21H28N4O2. The van der Waals surface area contributed by atoms with E-state index in [-0.39, 0.29) is 0 Å². The number of benzene rings is 1. The van der Waals surface area contributed by atoms with Gasteiger partial charge in [0.1, 0.15) is 24.0 Å². The van der Waals surface area contributed by atoms with Crippen molar-refractivity contribution in [3.63, 3.8) is 0 Å². The van der Waals surface area contributed by atoms with Crippen LogP contribution in [0.5, 0.6) is 5.75 Å². The summed E-state index contributed by atoms with van der Waals surface area (Å²) in [5, 5.41) is 10.9. The maximum absolute atomic E-state index is 10.9. The van der Waals surface area contributed by atoms with Gasteiger partial charge in [-0.2, -0.15) is 0 Å². The molecule has 0 saturated carbocycles. The van der Waals surface area contributed by atoms with Crippen LogP contribution in [0.2, 0.25) is 0 Å². The summed E-state index contributed by atoms with van der Waals surface area (Å²) in [5.41, 5.74) is 2.69. The number of ether oxygens (including phenoxy) is 1. The summed E-state index contributed by atoms with van der Waals surface area (Å²) < 4.78 is 5.99. The Hall–Kier alpha value is -2.18. The highest BCUT2D eigenvalue weighted by atomic mass is 16.5. The van der Waals surface area contributed by atoms with Gasteiger partial charge in [-0.05, 0) is 45.5 Å². The number of para-hydroxylation sites is 1. The fraction of sp³-hybridized carbons (Fsp3) is 0.524. The summed E-state index contributed by atoms with van der Waals surface area (Å²) in [7, 11) is 4.02. The zero-order chi connectivity index (χ0) is 19.0. The number of fused-ring (bicyclic) bond motifs is 2. The summed E-state index contributed by atoms with van der Waals surface area (Å²) in [6, 6.07) is 8.18. The fourth-order valence-corrected chi connectivity index (χ4v) is 4.21. The van der Waals surface area contributed by atoms with Gasteiger partial charge in [0.15, 0.2) is 0 Å². The van der Waals surface area contributed by atoms with Crippen molar-refractivity contribution in [3.8, 4) is 5.75 Å². The molecule has 1 aromatic heterocycles. The molecular weight excluding hydrogens is 340 g/mol. The first kappa shape index (κ1) is 18.2. The highest BCUT2D eigenvalue weighted by Gasteiger charge is 2.34. The monoisotopic (exact) mass is 368 g/mol. The third-order valence-corrected chi connectivity index (χ3v) is 5.49. The van der Waals surface area contributed by atoms with Crippen LogP contribution >= 0.6 is 0 Å². The minimum Gasteiger partial charge on any atom is -0.487 e. The number of anilines is 1. The Kier molecular flexibility index (Phi) is 4.78. The van der Waals surface area contributed by atoms with Crippen LogP contribution in [0.3, 0.4) is 0 Å². The van der Waals surface area contributed by atoms with E-state index in [1.54, 1.807) is 0 Å². The van der Waals surface area contributed by atoms with Gasteiger partial charge in [-0.15, -0.1) is 0 Å². The Bertz CT molecular complexity index is 829. The number of aliphatic hydroxyl groups is 1. The van der Waals surface area contributed by atoms with Crippen LogP contribution < -0.4 is 9.64 Å². The second-order valence-corrected chi connectivity index (χ2v) is 8.04. The predicted molar refractivity (Wildman–Crippen MR) is 105 cm³/mol. The second kappa shape index (κ2) is 7.09. The molecule has 2 aromatic rings. The molecule has 4 rings (SSSR count). The zero-order valence-electron chi connectivity index (χ0n) is 16.4. The number of rotatable bonds is 3. The van der Waals surface area contributed by atoms with Crippen LogP contribution in [-0.2, 0) is 13.0 Å². The van der Waals surface area contributed by atoms with Crippen LogP contribution in [0.4, 0.5) is 5.82 Å². The van der Waals surface area contributed by atoms with Gasteiger partial charge in [-0.25, -0.2) is 9.97 Å². The molecule has 6 nitrogen and oxygen atoms in total. The standard InChI is InChI=1S/C21H28N4O2/c1-15-22-18-13-27-19-7-5-4-6-16(19)12-17(18)20(23-15)25-10-8-21(26,9-11-25)14-24(2)3/h4-7,26H,8-14H2,1-3H3. The predicted octanol–water partition coefficient (Wildman–Crippen LogP) is 2.16. The van der Waals surface area contributed by atoms with Crippen LogP contribution in [0.15, 0.2) is 24.3 Å². The van der Waals surface area contributed by atoms with Gasteiger partial charge in [-0.1, -0.05) is 18.2 Å². The quantitative estimate of drug-likeness (QED) is 0.896. The maximum Gasteiger partial charge on any atom is 0.136 e. The number of hydrogen-bond acceptors (Lipinski definition) is 6. The molecule has 0 aliphatic carbocycles. The van der Waals surface area contributed by atoms with Gasteiger partial charge in [0.05, 0.1) is 11.3 Å². The van der Waals surface area contributed by atoms with E-state index in [9.17, 15) is 5.11 Å². The van der Waals surface area contributed by atoms with Crippen molar-refractivity contribution in [1.29, 1.82) is 0 Å². The van der Waals surface area contributed by atoms with Crippen LogP contribution in [0, 0.1) is 6.92 Å². The third-order valence-electron chi connectivity index (χ3n) is 5.49. The van der Waals surface area contributed by atoms with Crippen molar-refractivity contribution in [2.24, 2.45) is 0 Å². The van der Waals surface area contributed by atoms with E-state index in [4.69, 9.17) is 9.72 Å². The van der Waals surface area contributed by atoms with Crippen molar-refractivity contribution in [2.45, 2.75) is 38.4 Å². The second-order valence-electron chi connectivity index (χ2n) is 8.04. The van der Waals surface area contributed by atoms with E-state index in [1.165, 1.54) is 5.56 Å². The van der Waals surface area contributed by atoms with Crippen LogP contribution in [-0.4, -0.2) is 59.3 Å². The van der Waals surface area contributed by atoms with E-state index in [2.05, 4.69) is 20.9 Å². The van der Waals surface area contributed by atoms with Crippen molar-refractivity contribution in [2.75, 3.05) is 38.6 Å². The molecule has 0 amide bonds. The van der Waals surface area contributed by atoms with E-state index in [0.717, 1.165) is 61.0 Å². The first-order chi connectivity index (χ1) is 12.9.